The van der Waals surface area contributed by atoms with Crippen LogP contribution in [-0.2, 0) is 10.2 Å². The number of methoxy groups -OCH3 is 1. The number of hydrogen-bond acceptors (Lipinski definition) is 6. The average Bonchev–Trinajstić information content (AvgIpc) is 3.22. The van der Waals surface area contributed by atoms with Crippen LogP contribution >= 0.6 is 11.3 Å². The Balaban J connectivity index is 1.49. The van der Waals surface area contributed by atoms with E-state index < -0.39 is 0 Å². The SMILES string of the molecule is COCCC1(c2noc(C3CC3)n2)CCN(C(=O)c2ccc(C)s2)CC1. The maximum Gasteiger partial charge on any atom is 0.263 e. The molecule has 0 N–H and O–H groups in total. The monoisotopic (exact) mass is 375 g/mol. The smallest absolute Gasteiger partial charge is 0.263 e. The van der Waals surface area contributed by atoms with Crippen molar-refractivity contribution >= 4 is 17.2 Å². The minimum atomic E-state index is -0.158. The van der Waals surface area contributed by atoms with E-state index in [0.29, 0.717) is 25.6 Å². The molecule has 3 heterocycles. The molecule has 2 aromatic rings. The Kier molecular flexibility index (Phi) is 4.84. The van der Waals surface area contributed by atoms with Gasteiger partial charge in [-0.15, -0.1) is 11.3 Å². The molecule has 0 atom stereocenters. The molecule has 2 aliphatic rings. The molecule has 0 aromatic carbocycles. The topological polar surface area (TPSA) is 68.5 Å². The highest BCUT2D eigenvalue weighted by molar-refractivity contribution is 7.13. The second-order valence-electron chi connectivity index (χ2n) is 7.46. The van der Waals surface area contributed by atoms with Gasteiger partial charge in [0.05, 0.1) is 4.88 Å². The number of hydrogen-bond donors (Lipinski definition) is 0. The number of thiophene rings is 1. The Morgan fingerprint density at radius 2 is 2.15 bits per heavy atom. The van der Waals surface area contributed by atoms with E-state index in [1.54, 1.807) is 18.4 Å². The van der Waals surface area contributed by atoms with Crippen LogP contribution in [0.1, 0.15) is 64.3 Å². The number of rotatable bonds is 6. The normalized spacial score (nSPS) is 19.7. The van der Waals surface area contributed by atoms with Crippen LogP contribution in [0.15, 0.2) is 16.7 Å². The summed E-state index contributed by atoms with van der Waals surface area (Å²) in [5, 5.41) is 4.31. The lowest BCUT2D eigenvalue weighted by Gasteiger charge is -2.39. The molecule has 26 heavy (non-hydrogen) atoms. The summed E-state index contributed by atoms with van der Waals surface area (Å²) in [5.41, 5.74) is -0.158. The summed E-state index contributed by atoms with van der Waals surface area (Å²) < 4.78 is 10.9. The quantitative estimate of drug-likeness (QED) is 0.773. The van der Waals surface area contributed by atoms with Gasteiger partial charge >= 0.3 is 0 Å². The Labute approximate surface area is 157 Å². The zero-order valence-corrected chi connectivity index (χ0v) is 16.2. The standard InChI is InChI=1S/C19H25N3O3S/c1-13-3-6-15(26-13)17(23)22-10-7-19(8-11-22,9-12-24-2)18-20-16(25-21-18)14-4-5-14/h3,6,14H,4-5,7-12H2,1-2H3. The number of likely N-dealkylation sites (tertiary alicyclic amines) is 1. The van der Waals surface area contributed by atoms with Gasteiger partial charge < -0.3 is 14.2 Å². The Hall–Kier alpha value is -1.73. The molecule has 0 bridgehead atoms. The van der Waals surface area contributed by atoms with Gasteiger partial charge in [-0.2, -0.15) is 4.98 Å². The summed E-state index contributed by atoms with van der Waals surface area (Å²) in [4.78, 5) is 21.4. The van der Waals surface area contributed by atoms with E-state index >= 15 is 0 Å². The minimum Gasteiger partial charge on any atom is -0.385 e. The van der Waals surface area contributed by atoms with Crippen LogP contribution in [0.4, 0.5) is 0 Å². The molecule has 1 aliphatic heterocycles. The van der Waals surface area contributed by atoms with Crippen molar-refractivity contribution in [2.75, 3.05) is 26.8 Å². The number of piperidine rings is 1. The first-order chi connectivity index (χ1) is 12.6. The highest BCUT2D eigenvalue weighted by atomic mass is 32.1. The molecule has 0 spiro atoms. The molecular weight excluding hydrogens is 350 g/mol. The largest absolute Gasteiger partial charge is 0.385 e. The van der Waals surface area contributed by atoms with Crippen molar-refractivity contribution in [1.29, 1.82) is 0 Å². The molecule has 7 heteroatoms. The molecule has 0 radical (unpaired) electrons. The predicted octanol–water partition coefficient (Wildman–Crippen LogP) is 3.53. The van der Waals surface area contributed by atoms with Crippen LogP contribution < -0.4 is 0 Å². The maximum absolute atomic E-state index is 12.7. The van der Waals surface area contributed by atoms with Gasteiger partial charge in [-0.1, -0.05) is 5.16 Å². The van der Waals surface area contributed by atoms with Crippen molar-refractivity contribution in [1.82, 2.24) is 15.0 Å². The van der Waals surface area contributed by atoms with Crippen molar-refractivity contribution in [3.8, 4) is 0 Å². The molecule has 1 amide bonds. The first-order valence-corrected chi connectivity index (χ1v) is 10.1. The summed E-state index contributed by atoms with van der Waals surface area (Å²) in [5.74, 6) is 2.18. The molecule has 2 aromatic heterocycles. The minimum absolute atomic E-state index is 0.134. The fourth-order valence-corrected chi connectivity index (χ4v) is 4.51. The van der Waals surface area contributed by atoms with Gasteiger partial charge in [0.25, 0.3) is 5.91 Å². The van der Waals surface area contributed by atoms with E-state index in [-0.39, 0.29) is 11.3 Å². The zero-order chi connectivity index (χ0) is 18.1. The van der Waals surface area contributed by atoms with E-state index in [0.717, 1.165) is 48.7 Å². The van der Waals surface area contributed by atoms with E-state index in [1.165, 1.54) is 4.88 Å². The van der Waals surface area contributed by atoms with E-state index in [1.807, 2.05) is 24.0 Å². The first kappa shape index (κ1) is 17.7. The molecule has 2 fully saturated rings. The molecule has 1 aliphatic carbocycles. The summed E-state index contributed by atoms with van der Waals surface area (Å²) in [6, 6.07) is 3.93. The van der Waals surface area contributed by atoms with Gasteiger partial charge in [0.1, 0.15) is 0 Å². The number of carbonyl (C=O) groups excluding carboxylic acids is 1. The van der Waals surface area contributed by atoms with Crippen LogP contribution in [0.25, 0.3) is 0 Å². The second-order valence-corrected chi connectivity index (χ2v) is 8.74. The van der Waals surface area contributed by atoms with Crippen LogP contribution in [0.3, 0.4) is 0 Å². The van der Waals surface area contributed by atoms with E-state index in [2.05, 4.69) is 5.16 Å². The molecule has 4 rings (SSSR count). The average molecular weight is 375 g/mol. The maximum atomic E-state index is 12.7. The van der Waals surface area contributed by atoms with Gasteiger partial charge in [-0.3, -0.25) is 4.79 Å². The van der Waals surface area contributed by atoms with E-state index in [9.17, 15) is 4.79 Å². The van der Waals surface area contributed by atoms with Crippen LogP contribution in [0.2, 0.25) is 0 Å². The first-order valence-electron chi connectivity index (χ1n) is 9.30. The second kappa shape index (κ2) is 7.12. The lowest BCUT2D eigenvalue weighted by molar-refractivity contribution is 0.0621. The lowest BCUT2D eigenvalue weighted by Crippen LogP contribution is -2.46. The van der Waals surface area contributed by atoms with Gasteiger partial charge in [0.2, 0.25) is 5.89 Å². The molecular formula is C19H25N3O3S. The number of ether oxygens (including phenoxy) is 1. The third-order valence-electron chi connectivity index (χ3n) is 5.59. The van der Waals surface area contributed by atoms with Crippen LogP contribution in [-0.4, -0.2) is 47.8 Å². The van der Waals surface area contributed by atoms with Crippen molar-refractivity contribution < 1.29 is 14.1 Å². The third kappa shape index (κ3) is 3.42. The highest BCUT2D eigenvalue weighted by Crippen LogP contribution is 2.42. The molecule has 6 nitrogen and oxygen atoms in total. The molecule has 1 saturated heterocycles. The number of aromatic nitrogens is 2. The number of amides is 1. The molecule has 0 unspecified atom stereocenters. The van der Waals surface area contributed by atoms with Crippen LogP contribution in [0, 0.1) is 6.92 Å². The molecule has 140 valence electrons. The van der Waals surface area contributed by atoms with Gasteiger partial charge in [0, 0.05) is 43.0 Å². The Morgan fingerprint density at radius 1 is 1.38 bits per heavy atom. The summed E-state index contributed by atoms with van der Waals surface area (Å²) in [6.07, 6.45) is 4.84. The number of carbonyl (C=O) groups is 1. The summed E-state index contributed by atoms with van der Waals surface area (Å²) in [6.45, 7) is 4.12. The van der Waals surface area contributed by atoms with Gasteiger partial charge in [-0.05, 0) is 51.2 Å². The van der Waals surface area contributed by atoms with Gasteiger partial charge in [-0.25, -0.2) is 0 Å². The van der Waals surface area contributed by atoms with Crippen molar-refractivity contribution in [3.63, 3.8) is 0 Å². The predicted molar refractivity (Wildman–Crippen MR) is 98.6 cm³/mol. The van der Waals surface area contributed by atoms with Crippen molar-refractivity contribution in [2.45, 2.75) is 50.4 Å². The van der Waals surface area contributed by atoms with Crippen molar-refractivity contribution in [3.05, 3.63) is 33.6 Å². The fourth-order valence-electron chi connectivity index (χ4n) is 3.67. The fraction of sp³-hybridized carbons (Fsp3) is 0.632. The molecule has 1 saturated carbocycles. The Morgan fingerprint density at radius 3 is 2.77 bits per heavy atom. The van der Waals surface area contributed by atoms with Crippen LogP contribution in [0.5, 0.6) is 0 Å². The Bertz CT molecular complexity index is 773. The van der Waals surface area contributed by atoms with E-state index in [4.69, 9.17) is 14.2 Å². The number of nitrogens with zero attached hydrogens (tertiary/aromatic N) is 3. The highest BCUT2D eigenvalue weighted by Gasteiger charge is 2.42. The summed E-state index contributed by atoms with van der Waals surface area (Å²) in [7, 11) is 1.72. The third-order valence-corrected chi connectivity index (χ3v) is 6.57. The van der Waals surface area contributed by atoms with Gasteiger partial charge in [0.15, 0.2) is 5.82 Å². The lowest BCUT2D eigenvalue weighted by atomic mass is 9.75. The zero-order valence-electron chi connectivity index (χ0n) is 15.4. The summed E-state index contributed by atoms with van der Waals surface area (Å²) >= 11 is 1.56. The van der Waals surface area contributed by atoms with Crippen molar-refractivity contribution in [2.24, 2.45) is 0 Å². The number of aryl methyl sites for hydroxylation is 1.